The molecule has 0 unspecified atom stereocenters. The minimum Gasteiger partial charge on any atom is -0.309 e. The lowest BCUT2D eigenvalue weighted by molar-refractivity contribution is -0.139. The van der Waals surface area contributed by atoms with Crippen molar-refractivity contribution in [2.24, 2.45) is 0 Å². The number of benzene rings is 8. The van der Waals surface area contributed by atoms with Crippen molar-refractivity contribution < 1.29 is 26.3 Å². The van der Waals surface area contributed by atoms with Gasteiger partial charge in [0.1, 0.15) is 0 Å². The summed E-state index contributed by atoms with van der Waals surface area (Å²) in [5.74, 6) is 0. The number of para-hydroxylation sites is 2. The summed E-state index contributed by atoms with van der Waals surface area (Å²) in [4.78, 5) is 0. The number of rotatable bonds is 5. The Labute approximate surface area is 341 Å². The summed E-state index contributed by atoms with van der Waals surface area (Å²) in [6, 6.07) is 49.9. The lowest BCUT2D eigenvalue weighted by Crippen LogP contribution is -2.12. The summed E-state index contributed by atoms with van der Waals surface area (Å²) < 4.78 is 94.2. The zero-order valence-electron chi connectivity index (χ0n) is 32.3. The highest BCUT2D eigenvalue weighted by Crippen LogP contribution is 2.46. The molecule has 0 saturated heterocycles. The Hall–Kier alpha value is -7.06. The first-order valence-corrected chi connectivity index (χ1v) is 19.5. The Morgan fingerprint density at radius 1 is 0.333 bits per heavy atom. The Bertz CT molecular complexity index is 3100. The van der Waals surface area contributed by atoms with Crippen LogP contribution in [0.25, 0.3) is 88.4 Å². The van der Waals surface area contributed by atoms with Gasteiger partial charge in [0.25, 0.3) is 0 Å². The van der Waals surface area contributed by atoms with Gasteiger partial charge in [0, 0.05) is 32.9 Å². The van der Waals surface area contributed by atoms with Crippen molar-refractivity contribution in [3.05, 3.63) is 192 Å². The van der Waals surface area contributed by atoms with Crippen molar-refractivity contribution in [1.82, 2.24) is 9.13 Å². The smallest absolute Gasteiger partial charge is 0.309 e. The highest BCUT2D eigenvalue weighted by molar-refractivity contribution is 6.12. The molecule has 0 aliphatic heterocycles. The van der Waals surface area contributed by atoms with Crippen LogP contribution in [0, 0.1) is 13.8 Å². The summed E-state index contributed by atoms with van der Waals surface area (Å²) in [5, 5.41) is 3.45. The van der Waals surface area contributed by atoms with Gasteiger partial charge in [0.2, 0.25) is 0 Å². The monoisotopic (exact) mass is 800 g/mol. The van der Waals surface area contributed by atoms with Crippen LogP contribution in [0.4, 0.5) is 26.3 Å². The molecular weight excluding hydrogens is 767 g/mol. The molecule has 2 nitrogen and oxygen atoms in total. The Kier molecular flexibility index (Phi) is 8.54. The van der Waals surface area contributed by atoms with Gasteiger partial charge in [-0.2, -0.15) is 26.3 Å². The van der Waals surface area contributed by atoms with Crippen molar-refractivity contribution in [2.45, 2.75) is 26.2 Å². The van der Waals surface area contributed by atoms with Crippen LogP contribution >= 0.6 is 0 Å². The van der Waals surface area contributed by atoms with Crippen LogP contribution in [0.3, 0.4) is 0 Å². The standard InChI is InChI=1S/C52H34F6N2/c1-31-11-3-5-13-37(31)33-19-25-49-43(27-33)39-15-7-9-17-47(39)59(49)35-21-23-45(51(53,54)55)41(29-35)42-30-36(22-24-46(42)52(56,57)58)60-48-18-10-8-16-40(48)44-28-34(20-26-50(44)60)38-14-6-4-12-32(38)2/h3-30H,1-2H3. The second-order valence-corrected chi connectivity index (χ2v) is 15.3. The molecule has 0 aliphatic carbocycles. The molecule has 0 radical (unpaired) electrons. The van der Waals surface area contributed by atoms with Gasteiger partial charge < -0.3 is 9.13 Å². The molecule has 60 heavy (non-hydrogen) atoms. The molecule has 0 bridgehead atoms. The van der Waals surface area contributed by atoms with Crippen molar-refractivity contribution in [1.29, 1.82) is 0 Å². The fraction of sp³-hybridized carbons (Fsp3) is 0.0769. The van der Waals surface area contributed by atoms with E-state index in [4.69, 9.17) is 0 Å². The third kappa shape index (κ3) is 6.05. The van der Waals surface area contributed by atoms with E-state index in [1.807, 2.05) is 144 Å². The summed E-state index contributed by atoms with van der Waals surface area (Å²) in [6.45, 7) is 4.06. The van der Waals surface area contributed by atoms with Gasteiger partial charge in [0.15, 0.2) is 0 Å². The Morgan fingerprint density at radius 2 is 0.700 bits per heavy atom. The van der Waals surface area contributed by atoms with Gasteiger partial charge in [-0.25, -0.2) is 0 Å². The SMILES string of the molecule is Cc1ccccc1-c1ccc2c(c1)c1ccccc1n2-c1ccc(C(F)(F)F)c(-c2cc(-n3c4ccccc4c4cc(-c5ccccc5C)ccc43)ccc2C(F)(F)F)c1. The van der Waals surface area contributed by atoms with E-state index < -0.39 is 34.6 Å². The van der Waals surface area contributed by atoms with E-state index in [1.165, 1.54) is 24.3 Å². The van der Waals surface area contributed by atoms with Crippen molar-refractivity contribution in [2.75, 3.05) is 0 Å². The van der Waals surface area contributed by atoms with Crippen molar-refractivity contribution in [3.8, 4) is 44.8 Å². The average Bonchev–Trinajstić information content (AvgIpc) is 3.75. The number of nitrogens with zero attached hydrogens (tertiary/aromatic N) is 2. The summed E-state index contributed by atoms with van der Waals surface area (Å²) in [6.07, 6.45) is -9.93. The van der Waals surface area contributed by atoms with E-state index in [0.717, 1.165) is 67.1 Å². The predicted octanol–water partition coefficient (Wildman–Crippen LogP) is 15.5. The minimum absolute atomic E-state index is 0.298. The van der Waals surface area contributed by atoms with Crippen LogP contribution in [0.5, 0.6) is 0 Å². The quantitative estimate of drug-likeness (QED) is 0.153. The minimum atomic E-state index is -4.96. The molecule has 0 amide bonds. The topological polar surface area (TPSA) is 9.86 Å². The van der Waals surface area contributed by atoms with E-state index in [2.05, 4.69) is 12.1 Å². The number of fused-ring (bicyclic) bond motifs is 6. The van der Waals surface area contributed by atoms with Crippen LogP contribution in [-0.2, 0) is 12.4 Å². The third-order valence-corrected chi connectivity index (χ3v) is 11.7. The Morgan fingerprint density at radius 3 is 1.10 bits per heavy atom. The van der Waals surface area contributed by atoms with Crippen molar-refractivity contribution in [3.63, 3.8) is 0 Å². The van der Waals surface area contributed by atoms with Gasteiger partial charge in [-0.1, -0.05) is 97.1 Å². The molecule has 0 saturated carbocycles. The van der Waals surface area contributed by atoms with Crippen LogP contribution in [-0.4, -0.2) is 9.13 Å². The predicted molar refractivity (Wildman–Crippen MR) is 231 cm³/mol. The molecule has 2 aromatic heterocycles. The zero-order chi connectivity index (χ0) is 41.5. The molecule has 10 aromatic rings. The molecule has 0 N–H and O–H groups in total. The summed E-state index contributed by atoms with van der Waals surface area (Å²) >= 11 is 0. The van der Waals surface area contributed by atoms with Gasteiger partial charge >= 0.3 is 12.4 Å². The number of halogens is 6. The molecule has 0 atom stereocenters. The second-order valence-electron chi connectivity index (χ2n) is 15.3. The average molecular weight is 801 g/mol. The highest BCUT2D eigenvalue weighted by Gasteiger charge is 2.39. The second kappa shape index (κ2) is 13.8. The molecule has 0 spiro atoms. The molecule has 10 rings (SSSR count). The number of aryl methyl sites for hydroxylation is 2. The van der Waals surface area contributed by atoms with Gasteiger partial charge in [-0.15, -0.1) is 0 Å². The first-order chi connectivity index (χ1) is 28.9. The fourth-order valence-electron chi connectivity index (χ4n) is 8.91. The van der Waals surface area contributed by atoms with E-state index in [-0.39, 0.29) is 0 Å². The zero-order valence-corrected chi connectivity index (χ0v) is 32.3. The number of alkyl halides is 6. The largest absolute Gasteiger partial charge is 0.417 e. The normalized spacial score (nSPS) is 12.3. The lowest BCUT2D eigenvalue weighted by atomic mass is 9.93. The van der Waals surface area contributed by atoms with Crippen LogP contribution < -0.4 is 0 Å². The number of aromatic nitrogens is 2. The third-order valence-electron chi connectivity index (χ3n) is 11.7. The van der Waals surface area contributed by atoms with E-state index in [9.17, 15) is 0 Å². The van der Waals surface area contributed by atoms with Crippen LogP contribution in [0.1, 0.15) is 22.3 Å². The maximum atomic E-state index is 15.1. The summed E-state index contributed by atoms with van der Waals surface area (Å²) in [7, 11) is 0. The fourth-order valence-corrected chi connectivity index (χ4v) is 8.91. The highest BCUT2D eigenvalue weighted by atomic mass is 19.4. The number of hydrogen-bond donors (Lipinski definition) is 0. The first kappa shape index (κ1) is 37.2. The van der Waals surface area contributed by atoms with E-state index >= 15 is 26.3 Å². The molecule has 8 aromatic carbocycles. The molecule has 0 fully saturated rings. The molecule has 294 valence electrons. The van der Waals surface area contributed by atoms with Crippen LogP contribution in [0.2, 0.25) is 0 Å². The van der Waals surface area contributed by atoms with Gasteiger partial charge in [-0.3, -0.25) is 0 Å². The molecule has 2 heterocycles. The number of hydrogen-bond acceptors (Lipinski definition) is 0. The van der Waals surface area contributed by atoms with Crippen molar-refractivity contribution >= 4 is 43.6 Å². The lowest BCUT2D eigenvalue weighted by Gasteiger charge is -2.21. The molecular formula is C52H34F6N2. The molecule has 0 aliphatic rings. The van der Waals surface area contributed by atoms with Gasteiger partial charge in [0.05, 0.1) is 33.2 Å². The summed E-state index contributed by atoms with van der Waals surface area (Å²) in [5.41, 5.74) is 6.16. The maximum Gasteiger partial charge on any atom is 0.417 e. The van der Waals surface area contributed by atoms with E-state index in [0.29, 0.717) is 33.4 Å². The Balaban J connectivity index is 1.21. The van der Waals surface area contributed by atoms with Crippen LogP contribution in [0.15, 0.2) is 170 Å². The first-order valence-electron chi connectivity index (χ1n) is 19.5. The van der Waals surface area contributed by atoms with Gasteiger partial charge in [-0.05, 0) is 131 Å². The maximum absolute atomic E-state index is 15.1. The van der Waals surface area contributed by atoms with E-state index in [1.54, 1.807) is 0 Å². The molecule has 8 heteroatoms.